The summed E-state index contributed by atoms with van der Waals surface area (Å²) in [4.78, 5) is 16.4. The summed E-state index contributed by atoms with van der Waals surface area (Å²) in [6.45, 7) is 5.47. The monoisotopic (exact) mass is 349 g/mol. The molecule has 5 nitrogen and oxygen atoms in total. The first-order valence-corrected chi connectivity index (χ1v) is 9.22. The molecule has 2 amide bonds. The van der Waals surface area contributed by atoms with Crippen molar-refractivity contribution >= 4 is 6.03 Å². The maximum absolute atomic E-state index is 13.7. The summed E-state index contributed by atoms with van der Waals surface area (Å²) >= 11 is 0. The molecule has 0 unspecified atom stereocenters. The number of piperidine rings is 1. The van der Waals surface area contributed by atoms with Crippen molar-refractivity contribution in [3.63, 3.8) is 0 Å². The van der Waals surface area contributed by atoms with E-state index in [0.29, 0.717) is 19.6 Å². The summed E-state index contributed by atoms with van der Waals surface area (Å²) in [7, 11) is 0. The van der Waals surface area contributed by atoms with Gasteiger partial charge in [0.25, 0.3) is 0 Å². The van der Waals surface area contributed by atoms with E-state index in [1.54, 1.807) is 13.0 Å². The van der Waals surface area contributed by atoms with Crippen molar-refractivity contribution in [2.75, 3.05) is 26.2 Å². The molecule has 25 heavy (non-hydrogen) atoms. The van der Waals surface area contributed by atoms with Crippen molar-refractivity contribution in [2.45, 2.75) is 44.9 Å². The average Bonchev–Trinajstić information content (AvgIpc) is 3.09. The van der Waals surface area contributed by atoms with Gasteiger partial charge in [-0.15, -0.1) is 0 Å². The van der Waals surface area contributed by atoms with Crippen LogP contribution in [0.5, 0.6) is 0 Å². The zero-order valence-electron chi connectivity index (χ0n) is 14.8. The largest absolute Gasteiger partial charge is 0.393 e. The first-order valence-electron chi connectivity index (χ1n) is 9.22. The van der Waals surface area contributed by atoms with E-state index in [-0.39, 0.29) is 29.9 Å². The number of nitrogens with zero attached hydrogens (tertiary/aromatic N) is 2. The van der Waals surface area contributed by atoms with Crippen molar-refractivity contribution < 1.29 is 14.3 Å². The second kappa shape index (κ2) is 8.15. The molecule has 0 saturated carbocycles. The van der Waals surface area contributed by atoms with Gasteiger partial charge in [0.15, 0.2) is 0 Å². The number of urea groups is 1. The van der Waals surface area contributed by atoms with Crippen molar-refractivity contribution in [3.8, 4) is 0 Å². The van der Waals surface area contributed by atoms with E-state index in [2.05, 4.69) is 10.2 Å². The molecular weight excluding hydrogens is 321 g/mol. The molecule has 2 aliphatic heterocycles. The quantitative estimate of drug-likeness (QED) is 0.876. The van der Waals surface area contributed by atoms with Gasteiger partial charge >= 0.3 is 6.03 Å². The van der Waals surface area contributed by atoms with E-state index < -0.39 is 0 Å². The van der Waals surface area contributed by atoms with Gasteiger partial charge in [0, 0.05) is 50.2 Å². The van der Waals surface area contributed by atoms with Crippen LogP contribution < -0.4 is 5.32 Å². The van der Waals surface area contributed by atoms with Crippen LogP contribution in [0.1, 0.15) is 31.7 Å². The Kier molecular flexibility index (Phi) is 5.91. The number of hydrogen-bond donors (Lipinski definition) is 2. The number of nitrogens with one attached hydrogen (secondary N) is 1. The second-order valence-electron chi connectivity index (χ2n) is 7.33. The first-order chi connectivity index (χ1) is 12.0. The Balaban J connectivity index is 1.42. The molecule has 1 aromatic carbocycles. The molecule has 0 aliphatic carbocycles. The maximum Gasteiger partial charge on any atom is 0.317 e. The molecule has 3 rings (SSSR count). The van der Waals surface area contributed by atoms with Crippen LogP contribution in [0.15, 0.2) is 24.3 Å². The molecule has 2 heterocycles. The fraction of sp³-hybridized carbons (Fsp3) is 0.632. The van der Waals surface area contributed by atoms with Crippen LogP contribution in [-0.4, -0.2) is 59.3 Å². The van der Waals surface area contributed by atoms with Crippen LogP contribution in [0.2, 0.25) is 0 Å². The Bertz CT molecular complexity index is 588. The predicted molar refractivity (Wildman–Crippen MR) is 94.6 cm³/mol. The van der Waals surface area contributed by atoms with Crippen LogP contribution in [0, 0.1) is 11.7 Å². The Morgan fingerprint density at radius 2 is 2.00 bits per heavy atom. The number of likely N-dealkylation sites (tertiary alicyclic amines) is 2. The lowest BCUT2D eigenvalue weighted by Gasteiger charge is -2.33. The van der Waals surface area contributed by atoms with Gasteiger partial charge in [-0.2, -0.15) is 0 Å². The normalized spacial score (nSPS) is 23.6. The predicted octanol–water partition coefficient (Wildman–Crippen LogP) is 2.20. The number of aliphatic hydroxyl groups is 1. The summed E-state index contributed by atoms with van der Waals surface area (Å²) in [5, 5.41) is 12.8. The van der Waals surface area contributed by atoms with Crippen molar-refractivity contribution in [3.05, 3.63) is 35.6 Å². The Morgan fingerprint density at radius 1 is 1.28 bits per heavy atom. The fourth-order valence-corrected chi connectivity index (χ4v) is 3.73. The van der Waals surface area contributed by atoms with E-state index >= 15 is 0 Å². The SMILES string of the molecule is C[C@@H](O)[C@H]1CCN(C(=O)NC2CCN(Cc3ccccc3F)CC2)C1. The number of carbonyl (C=O) groups excluding carboxylic acids is 1. The van der Waals surface area contributed by atoms with Crippen molar-refractivity contribution in [2.24, 2.45) is 5.92 Å². The lowest BCUT2D eigenvalue weighted by Crippen LogP contribution is -2.48. The Morgan fingerprint density at radius 3 is 2.64 bits per heavy atom. The number of hydrogen-bond acceptors (Lipinski definition) is 3. The minimum Gasteiger partial charge on any atom is -0.393 e. The molecule has 6 heteroatoms. The number of rotatable bonds is 4. The summed E-state index contributed by atoms with van der Waals surface area (Å²) in [5.41, 5.74) is 0.728. The molecule has 2 aliphatic rings. The van der Waals surface area contributed by atoms with Gasteiger partial charge in [0.1, 0.15) is 5.82 Å². The smallest absolute Gasteiger partial charge is 0.317 e. The lowest BCUT2D eigenvalue weighted by molar-refractivity contribution is 0.128. The van der Waals surface area contributed by atoms with Crippen LogP contribution in [-0.2, 0) is 6.54 Å². The van der Waals surface area contributed by atoms with Gasteiger partial charge in [-0.3, -0.25) is 4.90 Å². The highest BCUT2D eigenvalue weighted by Gasteiger charge is 2.30. The van der Waals surface area contributed by atoms with Gasteiger partial charge in [-0.25, -0.2) is 9.18 Å². The van der Waals surface area contributed by atoms with Crippen LogP contribution in [0.3, 0.4) is 0 Å². The van der Waals surface area contributed by atoms with E-state index in [9.17, 15) is 14.3 Å². The summed E-state index contributed by atoms with van der Waals surface area (Å²) < 4.78 is 13.7. The van der Waals surface area contributed by atoms with E-state index in [4.69, 9.17) is 0 Å². The minimum absolute atomic E-state index is 0.0179. The summed E-state index contributed by atoms with van der Waals surface area (Å²) in [6.07, 6.45) is 2.27. The third-order valence-corrected chi connectivity index (χ3v) is 5.46. The molecule has 2 N–H and O–H groups in total. The zero-order chi connectivity index (χ0) is 17.8. The number of carbonyl (C=O) groups is 1. The highest BCUT2D eigenvalue weighted by molar-refractivity contribution is 5.74. The zero-order valence-corrected chi connectivity index (χ0v) is 14.8. The van der Waals surface area contributed by atoms with Gasteiger partial charge in [-0.1, -0.05) is 18.2 Å². The molecule has 0 bridgehead atoms. The van der Waals surface area contributed by atoms with E-state index in [0.717, 1.165) is 37.9 Å². The Hall–Kier alpha value is -1.66. The molecule has 2 saturated heterocycles. The molecule has 0 radical (unpaired) electrons. The van der Waals surface area contributed by atoms with Crippen molar-refractivity contribution in [1.82, 2.24) is 15.1 Å². The number of amides is 2. The lowest BCUT2D eigenvalue weighted by atomic mass is 10.0. The maximum atomic E-state index is 13.7. The molecule has 1 aromatic rings. The minimum atomic E-state index is -0.362. The number of halogens is 1. The number of benzene rings is 1. The van der Waals surface area contributed by atoms with E-state index in [1.807, 2.05) is 17.0 Å². The third-order valence-electron chi connectivity index (χ3n) is 5.46. The van der Waals surface area contributed by atoms with Gasteiger partial charge < -0.3 is 15.3 Å². The topological polar surface area (TPSA) is 55.8 Å². The fourth-order valence-electron chi connectivity index (χ4n) is 3.73. The number of aliphatic hydroxyl groups excluding tert-OH is 1. The molecule has 2 fully saturated rings. The standard InChI is InChI=1S/C19H28FN3O2/c1-14(24)15-6-11-23(13-15)19(25)21-17-7-9-22(10-8-17)12-16-4-2-3-5-18(16)20/h2-5,14-15,17,24H,6-13H2,1H3,(H,21,25)/t14-,15+/m1/s1. The van der Waals surface area contributed by atoms with Crippen LogP contribution >= 0.6 is 0 Å². The second-order valence-corrected chi connectivity index (χ2v) is 7.33. The van der Waals surface area contributed by atoms with Crippen molar-refractivity contribution in [1.29, 1.82) is 0 Å². The van der Waals surface area contributed by atoms with Gasteiger partial charge in [0.05, 0.1) is 6.10 Å². The molecular formula is C19H28FN3O2. The van der Waals surface area contributed by atoms with Gasteiger partial charge in [0.2, 0.25) is 0 Å². The van der Waals surface area contributed by atoms with Crippen LogP contribution in [0.25, 0.3) is 0 Å². The molecule has 2 atom stereocenters. The molecule has 0 spiro atoms. The third kappa shape index (κ3) is 4.70. The molecule has 138 valence electrons. The molecule has 0 aromatic heterocycles. The highest BCUT2D eigenvalue weighted by Crippen LogP contribution is 2.20. The summed E-state index contributed by atoms with van der Waals surface area (Å²) in [6, 6.07) is 7.06. The van der Waals surface area contributed by atoms with Gasteiger partial charge in [-0.05, 0) is 32.3 Å². The van der Waals surface area contributed by atoms with E-state index in [1.165, 1.54) is 6.07 Å². The highest BCUT2D eigenvalue weighted by atomic mass is 19.1. The first kappa shape index (κ1) is 18.1. The summed E-state index contributed by atoms with van der Waals surface area (Å²) in [5.74, 6) is 0.0352. The Labute approximate surface area is 148 Å². The van der Waals surface area contributed by atoms with Crippen LogP contribution in [0.4, 0.5) is 9.18 Å². The average molecular weight is 349 g/mol.